The Hall–Kier alpha value is 0.550. The van der Waals surface area contributed by atoms with Crippen molar-refractivity contribution in [3.8, 4) is 0 Å². The van der Waals surface area contributed by atoms with Crippen LogP contribution in [0, 0.1) is 0 Å². The zero-order valence-electron chi connectivity index (χ0n) is 23.7. The van der Waals surface area contributed by atoms with Gasteiger partial charge in [-0.25, -0.2) is 14.7 Å². The predicted octanol–water partition coefficient (Wildman–Crippen LogP) is -3.38. The fourth-order valence-electron chi connectivity index (χ4n) is 4.84. The molecule has 0 bridgehead atoms. The third-order valence-electron chi connectivity index (χ3n) is 6.05. The van der Waals surface area contributed by atoms with E-state index in [1.54, 1.807) is 0 Å². The van der Waals surface area contributed by atoms with Gasteiger partial charge >= 0.3 is 66.7 Å². The highest BCUT2D eigenvalue weighted by molar-refractivity contribution is 7.75. The minimum absolute atomic E-state index is 0.329. The van der Waals surface area contributed by atoms with E-state index >= 15 is 0 Å². The molecule has 0 aliphatic rings. The minimum atomic E-state index is -7.70. The highest BCUT2D eigenvalue weighted by Gasteiger charge is 2.83. The smallest absolute Gasteiger partial charge is 0.373 e. The second-order valence-electron chi connectivity index (χ2n) is 9.29. The molecular formula is C11H33N3O26P8. The first kappa shape index (κ1) is 48.5. The number of nitrogens with zero attached hydrogens (tertiary/aromatic N) is 3. The van der Waals surface area contributed by atoms with Crippen LogP contribution in [0.2, 0.25) is 0 Å². The molecule has 0 aromatic rings. The zero-order valence-corrected chi connectivity index (χ0v) is 30.8. The zero-order chi connectivity index (χ0) is 39.3. The molecule has 0 fully saturated rings. The van der Waals surface area contributed by atoms with Crippen LogP contribution in [0.3, 0.4) is 0 Å². The normalized spacial score (nSPS) is 15.7. The summed E-state index contributed by atoms with van der Waals surface area (Å²) in [5.41, 5.74) is -8.55. The lowest BCUT2D eigenvalue weighted by atomic mass is 10.4. The monoisotopic (exact) mass is 871 g/mol. The van der Waals surface area contributed by atoms with Crippen molar-refractivity contribution in [2.24, 2.45) is 0 Å². The van der Waals surface area contributed by atoms with Crippen molar-refractivity contribution in [2.75, 3.05) is 19.6 Å². The lowest BCUT2D eigenvalue weighted by Gasteiger charge is -2.59. The van der Waals surface area contributed by atoms with Crippen LogP contribution < -0.4 is 0 Å². The molecule has 0 aliphatic heterocycles. The Balaban J connectivity index is 9.91. The van der Waals surface area contributed by atoms with Gasteiger partial charge in [0.1, 0.15) is 0 Å². The lowest BCUT2D eigenvalue weighted by molar-refractivity contribution is -0.139. The van der Waals surface area contributed by atoms with E-state index in [9.17, 15) is 125 Å². The molecule has 17 N–H and O–H groups in total. The average molecular weight is 871 g/mol. The van der Waals surface area contributed by atoms with Gasteiger partial charge in [0.2, 0.25) is 11.0 Å². The van der Waals surface area contributed by atoms with E-state index < -0.39 is 129 Å². The summed E-state index contributed by atoms with van der Waals surface area (Å²) >= 11 is 0. The quantitative estimate of drug-likeness (QED) is 0.0445. The molecule has 288 valence electrons. The van der Waals surface area contributed by atoms with Crippen molar-refractivity contribution in [3.63, 3.8) is 0 Å². The maximum absolute atomic E-state index is 13.4. The second-order valence-corrected chi connectivity index (χ2v) is 24.3. The maximum Gasteiger partial charge on any atom is 0.373 e. The molecule has 37 heteroatoms. The number of carboxylic acids is 1. The van der Waals surface area contributed by atoms with Crippen LogP contribution in [-0.4, -0.2) is 145 Å². The van der Waals surface area contributed by atoms with Crippen molar-refractivity contribution < 1.29 is 125 Å². The fourth-order valence-corrected chi connectivity index (χ4v) is 19.1. The van der Waals surface area contributed by atoms with Crippen LogP contribution in [-0.2, 0) is 41.3 Å². The van der Waals surface area contributed by atoms with Crippen LogP contribution in [0.15, 0.2) is 0 Å². The third-order valence-corrected chi connectivity index (χ3v) is 21.4. The van der Waals surface area contributed by atoms with Crippen molar-refractivity contribution in [3.05, 3.63) is 0 Å². The standard InChI is InChI=1S/C11H33N3O26P8/c1-3-12(8(41(17,18)19)42(20,21)22)10(45(29,30)31,46(32,33)34)14(6-5-7(15)16)11(47(35,36)37,48(38,39)40)13(4-2)9(43(23,24)25)44(26,27)28/h8-9H,3-6H2,1-2H3,(H,15,16)(H2,17,18,19)(H2,20,21,22)(H2,23,24,25)(H2,26,27,28)(H2,29,30,31)(H2,32,33,34)(H2,35,36,37)(H2,38,39,40). The molecule has 0 saturated carbocycles. The number of hydrogen-bond donors (Lipinski definition) is 17. The van der Waals surface area contributed by atoms with Crippen LogP contribution >= 0.6 is 60.8 Å². The highest BCUT2D eigenvalue weighted by Crippen LogP contribution is 2.83. The van der Waals surface area contributed by atoms with Gasteiger partial charge in [0.05, 0.1) is 6.42 Å². The van der Waals surface area contributed by atoms with Crippen LogP contribution in [0.25, 0.3) is 0 Å². The van der Waals surface area contributed by atoms with Gasteiger partial charge < -0.3 is 83.4 Å². The van der Waals surface area contributed by atoms with E-state index in [2.05, 4.69) is 0 Å². The number of rotatable bonds is 19. The molecule has 0 aromatic carbocycles. The van der Waals surface area contributed by atoms with Gasteiger partial charge in [-0.15, -0.1) is 0 Å². The minimum Gasteiger partial charge on any atom is -0.481 e. The topological polar surface area (TPSA) is 507 Å². The number of carboxylic acid groups (broad SMARTS) is 1. The summed E-state index contributed by atoms with van der Waals surface area (Å²) in [6, 6.07) is 0. The van der Waals surface area contributed by atoms with Gasteiger partial charge in [0, 0.05) is 6.54 Å². The highest BCUT2D eigenvalue weighted by atomic mass is 31.3. The lowest BCUT2D eigenvalue weighted by Crippen LogP contribution is -2.73. The Bertz CT molecular complexity index is 1390. The first-order valence-corrected chi connectivity index (χ1v) is 24.8. The summed E-state index contributed by atoms with van der Waals surface area (Å²) < 4.78 is 103. The first-order valence-electron chi connectivity index (χ1n) is 11.6. The fraction of sp³-hybridized carbons (Fsp3) is 0.909. The van der Waals surface area contributed by atoms with Crippen molar-refractivity contribution in [1.29, 1.82) is 0 Å². The average Bonchev–Trinajstić information content (AvgIpc) is 2.73. The number of hydrogen-bond acceptors (Lipinski definition) is 12. The molecule has 0 spiro atoms. The summed E-state index contributed by atoms with van der Waals surface area (Å²) in [4.78, 5) is 170. The van der Waals surface area contributed by atoms with Gasteiger partial charge in [0.15, 0.2) is 0 Å². The second kappa shape index (κ2) is 15.1. The maximum atomic E-state index is 13.4. The van der Waals surface area contributed by atoms with Gasteiger partial charge in [-0.05, 0) is 13.1 Å². The predicted molar refractivity (Wildman–Crippen MR) is 153 cm³/mol. The van der Waals surface area contributed by atoms with E-state index in [-0.39, 0.29) is 0 Å². The molecular weight excluding hydrogens is 838 g/mol. The molecule has 0 aliphatic carbocycles. The summed E-state index contributed by atoms with van der Waals surface area (Å²) in [7, 11) is -58.1. The van der Waals surface area contributed by atoms with Gasteiger partial charge in [-0.1, -0.05) is 13.8 Å². The number of carbonyl (C=O) groups is 1. The van der Waals surface area contributed by atoms with Gasteiger partial charge in [-0.3, -0.25) is 41.3 Å². The first-order chi connectivity index (χ1) is 20.7. The van der Waals surface area contributed by atoms with Crippen molar-refractivity contribution in [1.82, 2.24) is 14.7 Å². The summed E-state index contributed by atoms with van der Waals surface area (Å²) in [5, 5.41) is -2.17. The molecule has 0 atom stereocenters. The Morgan fingerprint density at radius 1 is 0.500 bits per heavy atom. The van der Waals surface area contributed by atoms with Crippen LogP contribution in [0.4, 0.5) is 0 Å². The molecule has 0 saturated heterocycles. The molecule has 29 nitrogen and oxygen atoms in total. The third kappa shape index (κ3) is 9.37. The van der Waals surface area contributed by atoms with Crippen LogP contribution in [0.5, 0.6) is 0 Å². The molecule has 0 amide bonds. The number of aliphatic carboxylic acids is 1. The van der Waals surface area contributed by atoms with E-state index in [4.69, 9.17) is 0 Å². The molecule has 0 rings (SSSR count). The van der Waals surface area contributed by atoms with Gasteiger partial charge in [-0.2, -0.15) is 0 Å². The summed E-state index contributed by atoms with van der Waals surface area (Å²) in [5.74, 6) is -2.37. The molecule has 48 heavy (non-hydrogen) atoms. The largest absolute Gasteiger partial charge is 0.481 e. The SMILES string of the molecule is CCN(C(P(=O)(O)O)P(=O)(O)O)C(N(CCC(=O)O)C(N(CC)C(P(=O)(O)O)P(=O)(O)O)(P(=O)(O)O)P(=O)(O)O)(P(=O)(O)O)P(=O)(O)O. The van der Waals surface area contributed by atoms with Crippen molar-refractivity contribution >= 4 is 66.7 Å². The van der Waals surface area contributed by atoms with E-state index in [0.717, 1.165) is 0 Å². The van der Waals surface area contributed by atoms with Crippen LogP contribution in [0.1, 0.15) is 20.3 Å². The van der Waals surface area contributed by atoms with Gasteiger partial charge in [0.25, 0.3) is 10.3 Å². The summed E-state index contributed by atoms with van der Waals surface area (Å²) in [6.45, 7) is -5.76. The van der Waals surface area contributed by atoms with Crippen molar-refractivity contribution in [2.45, 2.75) is 41.6 Å². The van der Waals surface area contributed by atoms with E-state index in [0.29, 0.717) is 13.8 Å². The van der Waals surface area contributed by atoms with E-state index in [1.165, 1.54) is 0 Å². The summed E-state index contributed by atoms with van der Waals surface area (Å²) in [6.07, 6.45) is -2.08. The Kier molecular flexibility index (Phi) is 15.3. The molecule has 0 heterocycles. The molecule has 0 aromatic heterocycles. The Labute approximate surface area is 267 Å². The molecule has 0 unspecified atom stereocenters. The Morgan fingerprint density at radius 3 is 0.833 bits per heavy atom. The molecule has 0 radical (unpaired) electrons. The Morgan fingerprint density at radius 2 is 0.708 bits per heavy atom. The van der Waals surface area contributed by atoms with E-state index in [1.807, 2.05) is 0 Å².